The summed E-state index contributed by atoms with van der Waals surface area (Å²) in [6, 6.07) is 0. The number of nitrogens with zero attached hydrogens (tertiary/aromatic N) is 3. The number of halogens is 1. The third-order valence-electron chi connectivity index (χ3n) is 1.92. The summed E-state index contributed by atoms with van der Waals surface area (Å²) >= 11 is 1.68. The SMILES string of the molecule is CC[n+]1cc(/C=N/O)n(C)c1SC.[I-]. The van der Waals surface area contributed by atoms with E-state index in [1.54, 1.807) is 11.8 Å². The van der Waals surface area contributed by atoms with Crippen molar-refractivity contribution in [3.8, 4) is 0 Å². The fraction of sp³-hybridized carbons (Fsp3) is 0.500. The first-order chi connectivity index (χ1) is 6.24. The van der Waals surface area contributed by atoms with Crippen molar-refractivity contribution < 1.29 is 33.8 Å². The summed E-state index contributed by atoms with van der Waals surface area (Å²) in [4.78, 5) is 0. The van der Waals surface area contributed by atoms with Crippen molar-refractivity contribution in [2.75, 3.05) is 6.26 Å². The molecule has 0 saturated heterocycles. The van der Waals surface area contributed by atoms with Crippen LogP contribution in [0.25, 0.3) is 0 Å². The number of aromatic nitrogens is 2. The van der Waals surface area contributed by atoms with Crippen LogP contribution >= 0.6 is 11.8 Å². The first kappa shape index (κ1) is 13.8. The zero-order chi connectivity index (χ0) is 9.84. The molecule has 0 radical (unpaired) electrons. The molecule has 14 heavy (non-hydrogen) atoms. The number of hydrogen-bond donors (Lipinski definition) is 1. The van der Waals surface area contributed by atoms with E-state index in [4.69, 9.17) is 5.21 Å². The summed E-state index contributed by atoms with van der Waals surface area (Å²) in [5.41, 5.74) is 0.897. The van der Waals surface area contributed by atoms with E-state index >= 15 is 0 Å². The van der Waals surface area contributed by atoms with Crippen LogP contribution in [-0.4, -0.2) is 22.2 Å². The van der Waals surface area contributed by atoms with Crippen molar-refractivity contribution in [3.63, 3.8) is 0 Å². The molecule has 0 amide bonds. The van der Waals surface area contributed by atoms with Gasteiger partial charge in [-0.25, -0.2) is 9.13 Å². The molecule has 0 atom stereocenters. The van der Waals surface area contributed by atoms with Crippen LogP contribution in [0.1, 0.15) is 12.6 Å². The van der Waals surface area contributed by atoms with Crippen molar-refractivity contribution in [3.05, 3.63) is 11.9 Å². The van der Waals surface area contributed by atoms with E-state index in [-0.39, 0.29) is 24.0 Å². The molecule has 1 aromatic heterocycles. The molecule has 1 aromatic rings. The van der Waals surface area contributed by atoms with Crippen LogP contribution in [0.3, 0.4) is 0 Å². The fourth-order valence-corrected chi connectivity index (χ4v) is 2.06. The predicted octanol–water partition coefficient (Wildman–Crippen LogP) is -2.13. The summed E-state index contributed by atoms with van der Waals surface area (Å²) < 4.78 is 4.11. The molecule has 0 aromatic carbocycles. The summed E-state index contributed by atoms with van der Waals surface area (Å²) in [5, 5.41) is 12.6. The summed E-state index contributed by atoms with van der Waals surface area (Å²) in [6.07, 6.45) is 5.43. The van der Waals surface area contributed by atoms with Gasteiger partial charge < -0.3 is 29.2 Å². The minimum atomic E-state index is 0. The molecule has 0 bridgehead atoms. The average Bonchev–Trinajstić information content (AvgIpc) is 2.44. The van der Waals surface area contributed by atoms with Crippen LogP contribution in [0.5, 0.6) is 0 Å². The molecule has 6 heteroatoms. The number of rotatable bonds is 3. The highest BCUT2D eigenvalue weighted by Crippen LogP contribution is 2.10. The van der Waals surface area contributed by atoms with Crippen LogP contribution in [0, 0.1) is 0 Å². The number of thioether (sulfide) groups is 1. The van der Waals surface area contributed by atoms with Crippen LogP contribution < -0.4 is 28.5 Å². The largest absolute Gasteiger partial charge is 1.00 e. The van der Waals surface area contributed by atoms with E-state index in [9.17, 15) is 0 Å². The van der Waals surface area contributed by atoms with E-state index < -0.39 is 0 Å². The Bertz CT molecular complexity index is 325. The van der Waals surface area contributed by atoms with Crippen molar-refractivity contribution >= 4 is 18.0 Å². The molecular formula is C8H14IN3OS. The van der Waals surface area contributed by atoms with Crippen molar-refractivity contribution in [1.82, 2.24) is 4.57 Å². The molecule has 0 aliphatic heterocycles. The smallest absolute Gasteiger partial charge is 0.318 e. The second kappa shape index (κ2) is 6.28. The van der Waals surface area contributed by atoms with Gasteiger partial charge in [-0.1, -0.05) is 5.16 Å². The number of oxime groups is 1. The van der Waals surface area contributed by atoms with E-state index in [1.165, 1.54) is 6.21 Å². The first-order valence-corrected chi connectivity index (χ1v) is 5.27. The molecule has 0 saturated carbocycles. The van der Waals surface area contributed by atoms with Crippen LogP contribution in [0.4, 0.5) is 0 Å². The van der Waals surface area contributed by atoms with E-state index in [0.717, 1.165) is 17.4 Å². The van der Waals surface area contributed by atoms with Gasteiger partial charge in [-0.15, -0.1) is 0 Å². The number of hydrogen-bond acceptors (Lipinski definition) is 3. The Labute approximate surface area is 105 Å². The maximum atomic E-state index is 8.43. The molecular weight excluding hydrogens is 313 g/mol. The third-order valence-corrected chi connectivity index (χ3v) is 2.79. The van der Waals surface area contributed by atoms with Gasteiger partial charge in [0.25, 0.3) is 0 Å². The number of imidazole rings is 1. The fourth-order valence-electron chi connectivity index (χ4n) is 1.26. The maximum absolute atomic E-state index is 8.43. The summed E-state index contributed by atoms with van der Waals surface area (Å²) in [5.74, 6) is 0. The quantitative estimate of drug-likeness (QED) is 0.172. The first-order valence-electron chi connectivity index (χ1n) is 4.05. The van der Waals surface area contributed by atoms with Crippen LogP contribution in [-0.2, 0) is 13.6 Å². The van der Waals surface area contributed by atoms with Gasteiger partial charge in [0.05, 0.1) is 13.6 Å². The van der Waals surface area contributed by atoms with Crippen molar-refractivity contribution in [2.45, 2.75) is 18.6 Å². The summed E-state index contributed by atoms with van der Waals surface area (Å²) in [7, 11) is 1.95. The Morgan fingerprint density at radius 1 is 1.71 bits per heavy atom. The molecule has 80 valence electrons. The maximum Gasteiger partial charge on any atom is 0.318 e. The molecule has 0 spiro atoms. The normalized spacial score (nSPS) is 10.5. The Morgan fingerprint density at radius 3 is 2.71 bits per heavy atom. The Balaban J connectivity index is 0.00000169. The van der Waals surface area contributed by atoms with E-state index in [2.05, 4.69) is 16.6 Å². The molecule has 1 rings (SSSR count). The minimum absolute atomic E-state index is 0. The molecule has 1 N–H and O–H groups in total. The van der Waals surface area contributed by atoms with Gasteiger partial charge in [0.1, 0.15) is 12.4 Å². The lowest BCUT2D eigenvalue weighted by Crippen LogP contribution is -3.00. The Kier molecular flexibility index (Phi) is 6.17. The monoisotopic (exact) mass is 327 g/mol. The highest BCUT2D eigenvalue weighted by atomic mass is 127. The van der Waals surface area contributed by atoms with Crippen LogP contribution in [0.2, 0.25) is 0 Å². The lowest BCUT2D eigenvalue weighted by atomic mass is 10.5. The van der Waals surface area contributed by atoms with Crippen LogP contribution in [0.15, 0.2) is 16.5 Å². The van der Waals surface area contributed by atoms with E-state index in [1.807, 2.05) is 24.1 Å². The minimum Gasteiger partial charge on any atom is -1.00 e. The van der Waals surface area contributed by atoms with Gasteiger partial charge >= 0.3 is 5.16 Å². The van der Waals surface area contributed by atoms with Gasteiger partial charge in [0, 0.05) is 0 Å². The molecule has 0 aliphatic rings. The second-order valence-electron chi connectivity index (χ2n) is 2.63. The molecule has 4 nitrogen and oxygen atoms in total. The van der Waals surface area contributed by atoms with Gasteiger partial charge in [0.15, 0.2) is 5.69 Å². The lowest BCUT2D eigenvalue weighted by molar-refractivity contribution is -0.730. The van der Waals surface area contributed by atoms with Gasteiger partial charge in [-0.05, 0) is 24.9 Å². The zero-order valence-electron chi connectivity index (χ0n) is 8.44. The molecule has 0 aliphatic carbocycles. The predicted molar refractivity (Wildman–Crippen MR) is 52.4 cm³/mol. The molecule has 1 heterocycles. The summed E-state index contributed by atoms with van der Waals surface area (Å²) in [6.45, 7) is 3.00. The Hall–Kier alpha value is -0.240. The highest BCUT2D eigenvalue weighted by molar-refractivity contribution is 7.98. The van der Waals surface area contributed by atoms with Gasteiger partial charge in [-0.3, -0.25) is 0 Å². The highest BCUT2D eigenvalue weighted by Gasteiger charge is 2.17. The van der Waals surface area contributed by atoms with E-state index in [0.29, 0.717) is 0 Å². The molecule has 0 unspecified atom stereocenters. The Morgan fingerprint density at radius 2 is 2.36 bits per heavy atom. The number of aryl methyl sites for hydroxylation is 1. The molecule has 0 fully saturated rings. The lowest BCUT2D eigenvalue weighted by Gasteiger charge is -1.94. The standard InChI is InChI=1S/C8H13N3OS.HI/c1-4-11-6-7(5-9-12)10(2)8(11)13-3;/h5-6H,4H2,1-3H3;1H/b9-5+;. The third kappa shape index (κ3) is 2.63. The zero-order valence-corrected chi connectivity index (χ0v) is 11.4. The van der Waals surface area contributed by atoms with Gasteiger partial charge in [0.2, 0.25) is 0 Å². The van der Waals surface area contributed by atoms with Gasteiger partial charge in [-0.2, -0.15) is 0 Å². The topological polar surface area (TPSA) is 41.4 Å². The average molecular weight is 327 g/mol. The van der Waals surface area contributed by atoms with Crippen molar-refractivity contribution in [2.24, 2.45) is 12.2 Å². The second-order valence-corrected chi connectivity index (χ2v) is 3.40. The van der Waals surface area contributed by atoms with Crippen molar-refractivity contribution in [1.29, 1.82) is 0 Å².